The highest BCUT2D eigenvalue weighted by molar-refractivity contribution is 14.0. The topological polar surface area (TPSA) is 79.4 Å². The number of nitrogens with zero attached hydrogens (tertiary/aromatic N) is 5. The van der Waals surface area contributed by atoms with Crippen molar-refractivity contribution in [2.45, 2.75) is 13.0 Å². The predicted molar refractivity (Wildman–Crippen MR) is 121 cm³/mol. The van der Waals surface area contributed by atoms with Crippen LogP contribution in [0.15, 0.2) is 58.2 Å². The largest absolute Gasteiger partial charge is 0.356 e. The van der Waals surface area contributed by atoms with Crippen molar-refractivity contribution in [3.8, 4) is 11.6 Å². The first-order valence-corrected chi connectivity index (χ1v) is 8.93. The van der Waals surface area contributed by atoms with Crippen LogP contribution < -0.4 is 5.32 Å². The molecule has 0 fully saturated rings. The third-order valence-electron chi connectivity index (χ3n) is 3.89. The fourth-order valence-corrected chi connectivity index (χ4v) is 2.68. The average molecular weight is 513 g/mol. The van der Waals surface area contributed by atoms with Crippen molar-refractivity contribution in [1.82, 2.24) is 25.3 Å². The molecule has 7 nitrogen and oxygen atoms in total. The lowest BCUT2D eigenvalue weighted by Crippen LogP contribution is -2.39. The highest BCUT2D eigenvalue weighted by Gasteiger charge is 2.11. The third-order valence-corrected chi connectivity index (χ3v) is 4.14. The molecule has 0 spiro atoms. The van der Waals surface area contributed by atoms with Crippen LogP contribution in [-0.2, 0) is 13.0 Å². The Labute approximate surface area is 186 Å². The zero-order valence-electron chi connectivity index (χ0n) is 15.7. The van der Waals surface area contributed by atoms with Gasteiger partial charge in [-0.15, -0.1) is 24.0 Å². The summed E-state index contributed by atoms with van der Waals surface area (Å²) in [5.74, 6) is 1.84. The van der Waals surface area contributed by atoms with E-state index in [1.165, 1.54) is 0 Å². The lowest BCUT2D eigenvalue weighted by Gasteiger charge is -2.22. The summed E-state index contributed by atoms with van der Waals surface area (Å²) in [6.07, 6.45) is 2.31. The van der Waals surface area contributed by atoms with Gasteiger partial charge in [0, 0.05) is 44.8 Å². The summed E-state index contributed by atoms with van der Waals surface area (Å²) in [5.41, 5.74) is 1.82. The Morgan fingerprint density at radius 2 is 2.00 bits per heavy atom. The molecule has 0 amide bonds. The summed E-state index contributed by atoms with van der Waals surface area (Å²) in [4.78, 5) is 14.9. The first-order chi connectivity index (χ1) is 13.2. The summed E-state index contributed by atoms with van der Waals surface area (Å²) in [6.45, 7) is 1.36. The van der Waals surface area contributed by atoms with Crippen LogP contribution in [0.25, 0.3) is 11.6 Å². The summed E-state index contributed by atoms with van der Waals surface area (Å²) in [6, 6.07) is 13.3. The minimum Gasteiger partial charge on any atom is -0.356 e. The Morgan fingerprint density at radius 1 is 1.21 bits per heavy atom. The molecule has 9 heteroatoms. The standard InChI is InChI=1S/C19H21ClN6O.HI/c1-21-19(26(2)13-14-6-8-15(20)9-7-14)23-12-10-17-24-18(27-25-17)16-5-3-4-11-22-16;/h3-9,11H,10,12-13H2,1-2H3,(H,21,23);1H. The van der Waals surface area contributed by atoms with Gasteiger partial charge in [0.1, 0.15) is 5.69 Å². The molecule has 1 N–H and O–H groups in total. The number of halogens is 2. The van der Waals surface area contributed by atoms with Gasteiger partial charge in [-0.2, -0.15) is 4.98 Å². The SMILES string of the molecule is CN=C(NCCc1noc(-c2ccccn2)n1)N(C)Cc1ccc(Cl)cc1.I. The van der Waals surface area contributed by atoms with E-state index < -0.39 is 0 Å². The lowest BCUT2D eigenvalue weighted by atomic mass is 10.2. The van der Waals surface area contributed by atoms with Crippen LogP contribution in [0.5, 0.6) is 0 Å². The van der Waals surface area contributed by atoms with Crippen molar-refractivity contribution in [3.63, 3.8) is 0 Å². The van der Waals surface area contributed by atoms with Gasteiger partial charge in [0.2, 0.25) is 0 Å². The molecule has 0 radical (unpaired) electrons. The minimum atomic E-state index is 0. The Bertz CT molecular complexity index is 885. The zero-order chi connectivity index (χ0) is 19.1. The van der Waals surface area contributed by atoms with E-state index in [1.54, 1.807) is 13.2 Å². The Balaban J connectivity index is 0.00000280. The number of hydrogen-bond donors (Lipinski definition) is 1. The molecule has 1 aromatic carbocycles. The van der Waals surface area contributed by atoms with Crippen LogP contribution in [0.4, 0.5) is 0 Å². The number of benzene rings is 1. The lowest BCUT2D eigenvalue weighted by molar-refractivity contribution is 0.420. The second-order valence-electron chi connectivity index (χ2n) is 5.94. The molecule has 0 aliphatic carbocycles. The van der Waals surface area contributed by atoms with Gasteiger partial charge in [-0.05, 0) is 29.8 Å². The maximum absolute atomic E-state index is 5.93. The van der Waals surface area contributed by atoms with Crippen LogP contribution in [0.3, 0.4) is 0 Å². The van der Waals surface area contributed by atoms with E-state index in [0.717, 1.165) is 23.1 Å². The molecule has 2 aromatic heterocycles. The molecule has 0 bridgehead atoms. The molecule has 3 aromatic rings. The monoisotopic (exact) mass is 512 g/mol. The van der Waals surface area contributed by atoms with E-state index in [0.29, 0.717) is 30.4 Å². The number of aromatic nitrogens is 3. The Kier molecular flexibility index (Phi) is 8.65. The molecule has 148 valence electrons. The number of pyridine rings is 1. The van der Waals surface area contributed by atoms with Crippen molar-refractivity contribution in [2.75, 3.05) is 20.6 Å². The fourth-order valence-electron chi connectivity index (χ4n) is 2.56. The maximum atomic E-state index is 5.93. The van der Waals surface area contributed by atoms with Gasteiger partial charge in [-0.3, -0.25) is 9.98 Å². The first kappa shape index (κ1) is 22.1. The van der Waals surface area contributed by atoms with E-state index >= 15 is 0 Å². The number of rotatable bonds is 6. The number of hydrogen-bond acceptors (Lipinski definition) is 5. The summed E-state index contributed by atoms with van der Waals surface area (Å²) >= 11 is 5.93. The van der Waals surface area contributed by atoms with Crippen LogP contribution in [0.2, 0.25) is 5.02 Å². The molecule has 0 aliphatic rings. The highest BCUT2D eigenvalue weighted by atomic mass is 127. The molecular weight excluding hydrogens is 491 g/mol. The van der Waals surface area contributed by atoms with Crippen molar-refractivity contribution < 1.29 is 4.52 Å². The predicted octanol–water partition coefficient (Wildman–Crippen LogP) is 3.65. The molecule has 3 rings (SSSR count). The van der Waals surface area contributed by atoms with Crippen LogP contribution in [-0.4, -0.2) is 46.6 Å². The molecule has 0 saturated heterocycles. The normalized spacial score (nSPS) is 11.0. The van der Waals surface area contributed by atoms with E-state index in [9.17, 15) is 0 Å². The molecule has 0 atom stereocenters. The van der Waals surface area contributed by atoms with E-state index in [4.69, 9.17) is 16.1 Å². The Morgan fingerprint density at radius 3 is 2.68 bits per heavy atom. The molecule has 0 saturated carbocycles. The van der Waals surface area contributed by atoms with Gasteiger partial charge in [0.25, 0.3) is 5.89 Å². The molecule has 2 heterocycles. The quantitative estimate of drug-likeness (QED) is 0.309. The van der Waals surface area contributed by atoms with Gasteiger partial charge in [0.15, 0.2) is 11.8 Å². The van der Waals surface area contributed by atoms with Gasteiger partial charge >= 0.3 is 0 Å². The first-order valence-electron chi connectivity index (χ1n) is 8.56. The minimum absolute atomic E-state index is 0. The molecule has 0 aliphatic heterocycles. The van der Waals surface area contributed by atoms with Crippen LogP contribution in [0, 0.1) is 0 Å². The Hall–Kier alpha value is -2.20. The van der Waals surface area contributed by atoms with Gasteiger partial charge in [-0.25, -0.2) is 0 Å². The molecule has 28 heavy (non-hydrogen) atoms. The maximum Gasteiger partial charge on any atom is 0.276 e. The number of guanidine groups is 1. The summed E-state index contributed by atoms with van der Waals surface area (Å²) in [7, 11) is 3.74. The van der Waals surface area contributed by atoms with Crippen molar-refractivity contribution in [2.24, 2.45) is 4.99 Å². The van der Waals surface area contributed by atoms with Crippen LogP contribution >= 0.6 is 35.6 Å². The second-order valence-corrected chi connectivity index (χ2v) is 6.37. The average Bonchev–Trinajstić information content (AvgIpc) is 3.16. The highest BCUT2D eigenvalue weighted by Crippen LogP contribution is 2.13. The smallest absolute Gasteiger partial charge is 0.276 e. The summed E-state index contributed by atoms with van der Waals surface area (Å²) < 4.78 is 5.27. The summed E-state index contributed by atoms with van der Waals surface area (Å²) in [5, 5.41) is 8.05. The number of nitrogens with one attached hydrogen (secondary N) is 1. The zero-order valence-corrected chi connectivity index (χ0v) is 18.8. The van der Waals surface area contributed by atoms with Crippen molar-refractivity contribution in [1.29, 1.82) is 0 Å². The number of aliphatic imine (C=N–C) groups is 1. The van der Waals surface area contributed by atoms with Gasteiger partial charge in [0.05, 0.1) is 0 Å². The van der Waals surface area contributed by atoms with Crippen molar-refractivity contribution in [3.05, 3.63) is 65.1 Å². The molecular formula is C19H22ClIN6O. The third kappa shape index (κ3) is 6.16. The van der Waals surface area contributed by atoms with E-state index in [-0.39, 0.29) is 24.0 Å². The van der Waals surface area contributed by atoms with Crippen molar-refractivity contribution >= 4 is 41.5 Å². The van der Waals surface area contributed by atoms with E-state index in [1.807, 2.05) is 54.4 Å². The molecule has 0 unspecified atom stereocenters. The van der Waals surface area contributed by atoms with Gasteiger partial charge < -0.3 is 14.7 Å². The van der Waals surface area contributed by atoms with E-state index in [2.05, 4.69) is 25.4 Å². The van der Waals surface area contributed by atoms with Crippen LogP contribution in [0.1, 0.15) is 11.4 Å². The second kappa shape index (κ2) is 11.0. The fraction of sp³-hybridized carbons (Fsp3) is 0.263. The van der Waals surface area contributed by atoms with Gasteiger partial charge in [-0.1, -0.05) is 35.0 Å².